The number of benzene rings is 1. The van der Waals surface area contributed by atoms with Gasteiger partial charge in [-0.05, 0) is 0 Å². The third-order valence-electron chi connectivity index (χ3n) is 0.923. The fraction of sp³-hybridized carbons (Fsp3) is 0.143. The van der Waals surface area contributed by atoms with Crippen LogP contribution in [0.3, 0.4) is 0 Å². The van der Waals surface area contributed by atoms with Crippen LogP contribution in [0.25, 0.3) is 0 Å². The molecule has 0 amide bonds. The summed E-state index contributed by atoms with van der Waals surface area (Å²) >= 11 is 0. The average molecular weight is 209 g/mol. The van der Waals surface area contributed by atoms with Gasteiger partial charge in [0.2, 0.25) is 0 Å². The number of rotatable bonds is 1. The van der Waals surface area contributed by atoms with Crippen molar-refractivity contribution in [3.05, 3.63) is 30.3 Å². The maximum atomic E-state index is 4.89. The Bertz CT molecular complexity index is 163. The fourth-order valence-electron chi connectivity index (χ4n) is 0.508. The van der Waals surface area contributed by atoms with E-state index in [1.807, 2.05) is 24.3 Å². The number of ether oxygens (including phenoxy) is 1. The van der Waals surface area contributed by atoms with Gasteiger partial charge in [-0.25, -0.2) is 0 Å². The predicted octanol–water partition coefficient (Wildman–Crippen LogP) is -7.87. The van der Waals surface area contributed by atoms with Gasteiger partial charge in [-0.3, -0.25) is 0 Å². The molecule has 1 nitrogen and oxygen atoms in total. The first-order valence-electron chi connectivity index (χ1n) is 2.43. The zero-order chi connectivity index (χ0) is 5.82. The SMILES string of the molecule is COc1cc[c-]cc1.[Cl-].[Cl-].[Li+].[Mg+2]. The van der Waals surface area contributed by atoms with Crippen LogP contribution in [0.5, 0.6) is 5.75 Å². The van der Waals surface area contributed by atoms with Crippen LogP contribution in [0.1, 0.15) is 0 Å². The maximum absolute atomic E-state index is 4.89. The minimum absolute atomic E-state index is 0. The first-order valence-corrected chi connectivity index (χ1v) is 2.43. The van der Waals surface area contributed by atoms with Crippen molar-refractivity contribution in [2.45, 2.75) is 0 Å². The van der Waals surface area contributed by atoms with Crippen LogP contribution in [-0.4, -0.2) is 30.2 Å². The van der Waals surface area contributed by atoms with Crippen molar-refractivity contribution in [2.75, 3.05) is 7.11 Å². The van der Waals surface area contributed by atoms with Gasteiger partial charge in [0.1, 0.15) is 0 Å². The number of methoxy groups -OCH3 is 1. The second-order valence-corrected chi connectivity index (χ2v) is 1.44. The van der Waals surface area contributed by atoms with Crippen molar-refractivity contribution >= 4 is 23.1 Å². The second-order valence-electron chi connectivity index (χ2n) is 1.44. The molecule has 0 fully saturated rings. The molecule has 1 rings (SSSR count). The van der Waals surface area contributed by atoms with E-state index in [1.54, 1.807) is 7.11 Å². The van der Waals surface area contributed by atoms with Gasteiger partial charge < -0.3 is 29.6 Å². The minimum Gasteiger partial charge on any atom is -1.00 e. The molecule has 0 heterocycles. The van der Waals surface area contributed by atoms with Crippen LogP contribution in [0.2, 0.25) is 0 Å². The molecule has 0 aliphatic carbocycles. The standard InChI is InChI=1S/C7H7O.2ClH.Li.Mg/c1-8-7-5-3-2-4-6-7;;;;/h3-6H,1H3;2*1H;;/q-1;;;+1;+2/p-2. The van der Waals surface area contributed by atoms with Crippen molar-refractivity contribution in [3.63, 3.8) is 0 Å². The first-order chi connectivity index (χ1) is 3.93. The Kier molecular flexibility index (Phi) is 27.9. The summed E-state index contributed by atoms with van der Waals surface area (Å²) in [5, 5.41) is 0. The number of hydrogen-bond donors (Lipinski definition) is 0. The molecule has 0 radical (unpaired) electrons. The molecule has 0 saturated carbocycles. The van der Waals surface area contributed by atoms with Gasteiger partial charge in [0.05, 0.1) is 7.11 Å². The van der Waals surface area contributed by atoms with Crippen LogP contribution in [0.4, 0.5) is 0 Å². The van der Waals surface area contributed by atoms with E-state index < -0.39 is 0 Å². The first kappa shape index (κ1) is 23.1. The zero-order valence-electron chi connectivity index (χ0n) is 7.18. The van der Waals surface area contributed by atoms with Crippen LogP contribution in [0, 0.1) is 6.07 Å². The Morgan fingerprint density at radius 1 is 1.17 bits per heavy atom. The minimum atomic E-state index is 0. The predicted molar refractivity (Wildman–Crippen MR) is 37.6 cm³/mol. The van der Waals surface area contributed by atoms with Crippen LogP contribution < -0.4 is 48.4 Å². The molecule has 0 aromatic heterocycles. The molecule has 0 unspecified atom stereocenters. The van der Waals surface area contributed by atoms with E-state index in [4.69, 9.17) is 4.74 Å². The summed E-state index contributed by atoms with van der Waals surface area (Å²) in [6.07, 6.45) is 0. The van der Waals surface area contributed by atoms with Gasteiger partial charge in [0.15, 0.2) is 0 Å². The monoisotopic (exact) mass is 208 g/mol. The smallest absolute Gasteiger partial charge is 1.00 e. The van der Waals surface area contributed by atoms with Crippen molar-refractivity contribution in [2.24, 2.45) is 0 Å². The van der Waals surface area contributed by atoms with Gasteiger partial charge in [-0.15, -0.1) is 12.1 Å². The fourth-order valence-corrected chi connectivity index (χ4v) is 0.508. The summed E-state index contributed by atoms with van der Waals surface area (Å²) in [4.78, 5) is 0. The molecule has 0 bridgehead atoms. The van der Waals surface area contributed by atoms with Crippen molar-refractivity contribution in [1.29, 1.82) is 0 Å². The molecule has 0 N–H and O–H groups in total. The molecule has 0 spiro atoms. The molecule has 0 atom stereocenters. The summed E-state index contributed by atoms with van der Waals surface area (Å²) in [6, 6.07) is 10.2. The molecular weight excluding hydrogens is 202 g/mol. The van der Waals surface area contributed by atoms with E-state index in [1.165, 1.54) is 0 Å². The van der Waals surface area contributed by atoms with Crippen LogP contribution >= 0.6 is 0 Å². The number of hydrogen-bond acceptors (Lipinski definition) is 1. The maximum Gasteiger partial charge on any atom is 2.00 e. The van der Waals surface area contributed by atoms with Crippen molar-refractivity contribution in [3.8, 4) is 5.75 Å². The van der Waals surface area contributed by atoms with Crippen LogP contribution in [-0.2, 0) is 0 Å². The Labute approximate surface area is 114 Å². The topological polar surface area (TPSA) is 9.23 Å². The van der Waals surface area contributed by atoms with Crippen molar-refractivity contribution < 1.29 is 48.4 Å². The summed E-state index contributed by atoms with van der Waals surface area (Å²) in [5.74, 6) is 0.878. The Balaban J connectivity index is -0.0000000800. The van der Waals surface area contributed by atoms with E-state index in [9.17, 15) is 0 Å². The number of halogens is 2. The summed E-state index contributed by atoms with van der Waals surface area (Å²) in [7, 11) is 1.65. The molecule has 12 heavy (non-hydrogen) atoms. The third-order valence-corrected chi connectivity index (χ3v) is 0.923. The van der Waals surface area contributed by atoms with E-state index in [-0.39, 0.29) is 66.7 Å². The third kappa shape index (κ3) is 9.05. The van der Waals surface area contributed by atoms with Gasteiger partial charge in [0, 0.05) is 5.75 Å². The molecule has 5 heteroatoms. The van der Waals surface area contributed by atoms with E-state index in [0.29, 0.717) is 0 Å². The van der Waals surface area contributed by atoms with E-state index in [2.05, 4.69) is 6.07 Å². The van der Waals surface area contributed by atoms with Gasteiger partial charge in [-0.2, -0.15) is 18.2 Å². The summed E-state index contributed by atoms with van der Waals surface area (Å²) < 4.78 is 4.89. The largest absolute Gasteiger partial charge is 2.00 e. The second kappa shape index (κ2) is 14.5. The van der Waals surface area contributed by atoms with Gasteiger partial charge in [0.25, 0.3) is 0 Å². The van der Waals surface area contributed by atoms with Gasteiger partial charge in [-0.1, -0.05) is 0 Å². The molecule has 0 saturated heterocycles. The summed E-state index contributed by atoms with van der Waals surface area (Å²) in [5.41, 5.74) is 0. The Hall–Kier alpha value is 0.964. The Morgan fingerprint density at radius 2 is 1.58 bits per heavy atom. The normalized spacial score (nSPS) is 5.75. The molecule has 0 aliphatic rings. The molecular formula is C7H7Cl2LiMgO. The van der Waals surface area contributed by atoms with Crippen LogP contribution in [0.15, 0.2) is 24.3 Å². The van der Waals surface area contributed by atoms with Crippen molar-refractivity contribution in [1.82, 2.24) is 0 Å². The summed E-state index contributed by atoms with van der Waals surface area (Å²) in [6.45, 7) is 0. The van der Waals surface area contributed by atoms with E-state index in [0.717, 1.165) is 5.75 Å². The average Bonchev–Trinajstić information content (AvgIpc) is 1.90. The zero-order valence-corrected chi connectivity index (χ0v) is 10.1. The molecule has 1 aromatic rings. The molecule has 58 valence electrons. The molecule has 1 aromatic carbocycles. The van der Waals surface area contributed by atoms with E-state index >= 15 is 0 Å². The molecule has 0 aliphatic heterocycles. The quantitative estimate of drug-likeness (QED) is 0.330. The van der Waals surface area contributed by atoms with Gasteiger partial charge >= 0.3 is 41.9 Å². The Morgan fingerprint density at radius 3 is 1.83 bits per heavy atom.